The molecule has 0 aliphatic heterocycles. The maximum Gasteiger partial charge on any atom is 0.139 e. The highest BCUT2D eigenvalue weighted by molar-refractivity contribution is 6.34. The molecule has 0 fully saturated rings. The molecule has 0 aliphatic rings. The number of hydrogen-bond acceptors (Lipinski definition) is 3. The normalized spacial score (nSPS) is 12.3. The standard InChI is InChI=1S/C15H11Cl2N3O/c16-10-8-12(17)14(18-9-10)15(21)13-6-7-19-20(13)11-4-2-1-3-5-11/h1-9,15,21H. The van der Waals surface area contributed by atoms with Gasteiger partial charge in [-0.25, -0.2) is 4.68 Å². The van der Waals surface area contributed by atoms with Crippen molar-refractivity contribution in [2.75, 3.05) is 0 Å². The fourth-order valence-corrected chi connectivity index (χ4v) is 2.56. The van der Waals surface area contributed by atoms with Crippen molar-refractivity contribution in [3.8, 4) is 5.69 Å². The maximum atomic E-state index is 10.5. The zero-order valence-corrected chi connectivity index (χ0v) is 12.3. The van der Waals surface area contributed by atoms with Crippen LogP contribution < -0.4 is 0 Å². The number of halogens is 2. The van der Waals surface area contributed by atoms with E-state index in [-0.39, 0.29) is 0 Å². The lowest BCUT2D eigenvalue weighted by molar-refractivity contribution is 0.207. The molecule has 0 radical (unpaired) electrons. The van der Waals surface area contributed by atoms with E-state index >= 15 is 0 Å². The predicted molar refractivity (Wildman–Crippen MR) is 81.9 cm³/mol. The molecular formula is C15H11Cl2N3O. The molecule has 0 spiro atoms. The van der Waals surface area contributed by atoms with Crippen LogP contribution in [-0.2, 0) is 0 Å². The summed E-state index contributed by atoms with van der Waals surface area (Å²) in [4.78, 5) is 4.11. The van der Waals surface area contributed by atoms with E-state index in [0.717, 1.165) is 5.69 Å². The lowest BCUT2D eigenvalue weighted by Gasteiger charge is -2.14. The molecule has 3 aromatic rings. The first-order valence-corrected chi connectivity index (χ1v) is 7.01. The third kappa shape index (κ3) is 2.78. The molecule has 1 atom stereocenters. The topological polar surface area (TPSA) is 50.9 Å². The lowest BCUT2D eigenvalue weighted by Crippen LogP contribution is -2.10. The summed E-state index contributed by atoms with van der Waals surface area (Å²) in [6, 6.07) is 12.8. The van der Waals surface area contributed by atoms with E-state index in [0.29, 0.717) is 21.4 Å². The quantitative estimate of drug-likeness (QED) is 0.801. The van der Waals surface area contributed by atoms with Gasteiger partial charge in [0.2, 0.25) is 0 Å². The minimum Gasteiger partial charge on any atom is -0.380 e. The largest absolute Gasteiger partial charge is 0.380 e. The summed E-state index contributed by atoms with van der Waals surface area (Å²) in [5.74, 6) is 0. The summed E-state index contributed by atoms with van der Waals surface area (Å²) in [6.07, 6.45) is 2.09. The van der Waals surface area contributed by atoms with Crippen LogP contribution >= 0.6 is 23.2 Å². The summed E-state index contributed by atoms with van der Waals surface area (Å²) >= 11 is 11.9. The van der Waals surface area contributed by atoms with Gasteiger partial charge < -0.3 is 5.11 Å². The van der Waals surface area contributed by atoms with Crippen LogP contribution in [0.5, 0.6) is 0 Å². The average molecular weight is 320 g/mol. The number of para-hydroxylation sites is 1. The van der Waals surface area contributed by atoms with E-state index in [1.807, 2.05) is 30.3 Å². The Balaban J connectivity index is 2.03. The Morgan fingerprint density at radius 3 is 2.57 bits per heavy atom. The Kier molecular flexibility index (Phi) is 3.92. The molecule has 0 bridgehead atoms. The van der Waals surface area contributed by atoms with Crippen LogP contribution in [0, 0.1) is 0 Å². The van der Waals surface area contributed by atoms with Gasteiger partial charge in [0, 0.05) is 12.4 Å². The van der Waals surface area contributed by atoms with Gasteiger partial charge in [-0.2, -0.15) is 5.10 Å². The van der Waals surface area contributed by atoms with E-state index in [1.165, 1.54) is 6.20 Å². The third-order valence-corrected chi connectivity index (χ3v) is 3.56. The highest BCUT2D eigenvalue weighted by Gasteiger charge is 2.20. The van der Waals surface area contributed by atoms with Crippen LogP contribution in [0.2, 0.25) is 10.0 Å². The second-order valence-corrected chi connectivity index (χ2v) is 5.27. The molecule has 6 heteroatoms. The van der Waals surface area contributed by atoms with Gasteiger partial charge in [0.15, 0.2) is 0 Å². The second kappa shape index (κ2) is 5.85. The zero-order chi connectivity index (χ0) is 14.8. The fourth-order valence-electron chi connectivity index (χ4n) is 2.07. The monoisotopic (exact) mass is 319 g/mol. The molecule has 1 unspecified atom stereocenters. The molecular weight excluding hydrogens is 309 g/mol. The first-order chi connectivity index (χ1) is 10.2. The first kappa shape index (κ1) is 14.1. The first-order valence-electron chi connectivity index (χ1n) is 6.25. The summed E-state index contributed by atoms with van der Waals surface area (Å²) in [6.45, 7) is 0. The third-order valence-electron chi connectivity index (χ3n) is 3.05. The van der Waals surface area contributed by atoms with Crippen LogP contribution in [0.25, 0.3) is 5.69 Å². The van der Waals surface area contributed by atoms with Crippen LogP contribution in [0.4, 0.5) is 0 Å². The molecule has 21 heavy (non-hydrogen) atoms. The second-order valence-electron chi connectivity index (χ2n) is 4.43. The molecule has 0 aliphatic carbocycles. The minimum atomic E-state index is -0.988. The highest BCUT2D eigenvalue weighted by atomic mass is 35.5. The van der Waals surface area contributed by atoms with Crippen molar-refractivity contribution in [1.29, 1.82) is 0 Å². The number of nitrogens with zero attached hydrogens (tertiary/aromatic N) is 3. The Morgan fingerprint density at radius 1 is 1.10 bits per heavy atom. The van der Waals surface area contributed by atoms with Crippen molar-refractivity contribution in [3.05, 3.63) is 76.3 Å². The Labute approximate surface area is 131 Å². The number of pyridine rings is 1. The number of aliphatic hydroxyl groups excluding tert-OH is 1. The zero-order valence-electron chi connectivity index (χ0n) is 10.8. The molecule has 0 saturated heterocycles. The fraction of sp³-hybridized carbons (Fsp3) is 0.0667. The van der Waals surface area contributed by atoms with E-state index in [4.69, 9.17) is 23.2 Å². The van der Waals surface area contributed by atoms with Gasteiger partial charge in [-0.15, -0.1) is 0 Å². The van der Waals surface area contributed by atoms with Crippen molar-refractivity contribution >= 4 is 23.2 Å². The van der Waals surface area contributed by atoms with Crippen LogP contribution in [0.3, 0.4) is 0 Å². The van der Waals surface area contributed by atoms with E-state index in [9.17, 15) is 5.11 Å². The molecule has 0 amide bonds. The van der Waals surface area contributed by atoms with Gasteiger partial charge in [-0.05, 0) is 24.3 Å². The Bertz CT molecular complexity index is 759. The van der Waals surface area contributed by atoms with Gasteiger partial charge >= 0.3 is 0 Å². The summed E-state index contributed by atoms with van der Waals surface area (Å²) in [7, 11) is 0. The van der Waals surface area contributed by atoms with Gasteiger partial charge in [0.1, 0.15) is 6.10 Å². The van der Waals surface area contributed by atoms with Gasteiger partial charge in [0.25, 0.3) is 0 Å². The Hall–Kier alpha value is -1.88. The summed E-state index contributed by atoms with van der Waals surface area (Å²) < 4.78 is 1.65. The minimum absolute atomic E-state index is 0.316. The van der Waals surface area contributed by atoms with E-state index in [2.05, 4.69) is 10.1 Å². The van der Waals surface area contributed by atoms with Crippen molar-refractivity contribution in [3.63, 3.8) is 0 Å². The molecule has 2 heterocycles. The molecule has 1 N–H and O–H groups in total. The van der Waals surface area contributed by atoms with Crippen LogP contribution in [-0.4, -0.2) is 19.9 Å². The molecule has 106 valence electrons. The summed E-state index contributed by atoms with van der Waals surface area (Å²) in [5, 5.41) is 15.5. The predicted octanol–water partition coefficient (Wildman–Crippen LogP) is 3.66. The van der Waals surface area contributed by atoms with E-state index in [1.54, 1.807) is 23.0 Å². The number of aromatic nitrogens is 3. The van der Waals surface area contributed by atoms with Crippen LogP contribution in [0.1, 0.15) is 17.5 Å². The van der Waals surface area contributed by atoms with Gasteiger partial charge in [-0.3, -0.25) is 4.98 Å². The van der Waals surface area contributed by atoms with E-state index < -0.39 is 6.10 Å². The summed E-state index contributed by atoms with van der Waals surface area (Å²) in [5.41, 5.74) is 1.78. The number of aliphatic hydroxyl groups is 1. The molecule has 2 aromatic heterocycles. The van der Waals surface area contributed by atoms with Gasteiger partial charge in [0.05, 0.1) is 27.1 Å². The van der Waals surface area contributed by atoms with Crippen molar-refractivity contribution in [1.82, 2.24) is 14.8 Å². The van der Waals surface area contributed by atoms with Crippen molar-refractivity contribution < 1.29 is 5.11 Å². The molecule has 0 saturated carbocycles. The number of rotatable bonds is 3. The average Bonchev–Trinajstić information content (AvgIpc) is 2.97. The number of hydrogen-bond donors (Lipinski definition) is 1. The van der Waals surface area contributed by atoms with Gasteiger partial charge in [-0.1, -0.05) is 41.4 Å². The van der Waals surface area contributed by atoms with Crippen molar-refractivity contribution in [2.24, 2.45) is 0 Å². The maximum absolute atomic E-state index is 10.5. The molecule has 1 aromatic carbocycles. The highest BCUT2D eigenvalue weighted by Crippen LogP contribution is 2.29. The number of benzene rings is 1. The van der Waals surface area contributed by atoms with Crippen LogP contribution in [0.15, 0.2) is 54.9 Å². The molecule has 3 rings (SSSR count). The lowest BCUT2D eigenvalue weighted by atomic mass is 10.1. The Morgan fingerprint density at radius 2 is 1.86 bits per heavy atom. The molecule has 4 nitrogen and oxygen atoms in total. The smallest absolute Gasteiger partial charge is 0.139 e. The van der Waals surface area contributed by atoms with Crippen molar-refractivity contribution in [2.45, 2.75) is 6.10 Å². The SMILES string of the molecule is OC(c1ncc(Cl)cc1Cl)c1ccnn1-c1ccccc1.